The molecule has 23 heavy (non-hydrogen) atoms. The zero-order chi connectivity index (χ0) is 16.9. The number of ether oxygens (including phenoxy) is 1. The summed E-state index contributed by atoms with van der Waals surface area (Å²) in [5, 5.41) is 10.4. The standard InChI is InChI=1S/C19H29NO3/c1-19(2,3)23-18(22)20-13-7-6-12-17(21)16-11-5-4-9-15(16)10-8-14-20/h4-5,9,11,17,21H,6-8,10,12-14H2,1-3H3. The van der Waals surface area contributed by atoms with Gasteiger partial charge in [-0.25, -0.2) is 4.79 Å². The average Bonchev–Trinajstić information content (AvgIpc) is 2.50. The molecule has 1 amide bonds. The molecule has 0 bridgehead atoms. The van der Waals surface area contributed by atoms with Crippen LogP contribution in [0.25, 0.3) is 0 Å². The molecule has 4 nitrogen and oxygen atoms in total. The van der Waals surface area contributed by atoms with Crippen molar-refractivity contribution in [2.24, 2.45) is 0 Å². The molecule has 0 saturated carbocycles. The van der Waals surface area contributed by atoms with E-state index in [2.05, 4.69) is 6.07 Å². The van der Waals surface area contributed by atoms with E-state index >= 15 is 0 Å². The normalized spacial score (nSPS) is 20.3. The SMILES string of the molecule is CC(C)(C)OC(=O)N1CCCCC(O)c2ccccc2CCC1. The molecule has 0 saturated heterocycles. The number of rotatable bonds is 0. The van der Waals surface area contributed by atoms with E-state index in [1.807, 2.05) is 43.9 Å². The second-order valence-electron chi connectivity index (χ2n) is 7.28. The van der Waals surface area contributed by atoms with Crippen LogP contribution in [0.4, 0.5) is 4.79 Å². The van der Waals surface area contributed by atoms with Crippen molar-refractivity contribution >= 4 is 6.09 Å². The second-order valence-corrected chi connectivity index (χ2v) is 7.28. The third-order valence-electron chi connectivity index (χ3n) is 4.10. The quantitative estimate of drug-likeness (QED) is 0.784. The number of aryl methyl sites for hydroxylation is 1. The van der Waals surface area contributed by atoms with Gasteiger partial charge in [-0.1, -0.05) is 24.3 Å². The van der Waals surface area contributed by atoms with Gasteiger partial charge in [-0.3, -0.25) is 0 Å². The summed E-state index contributed by atoms with van der Waals surface area (Å²) in [6.45, 7) is 7.06. The third-order valence-corrected chi connectivity index (χ3v) is 4.10. The highest BCUT2D eigenvalue weighted by atomic mass is 16.6. The molecular formula is C19H29NO3. The zero-order valence-corrected chi connectivity index (χ0v) is 14.5. The number of aliphatic hydroxyl groups is 1. The molecule has 1 aromatic rings. The summed E-state index contributed by atoms with van der Waals surface area (Å²) < 4.78 is 5.51. The largest absolute Gasteiger partial charge is 0.444 e. The Kier molecular flexibility index (Phi) is 6.05. The van der Waals surface area contributed by atoms with E-state index < -0.39 is 11.7 Å². The summed E-state index contributed by atoms with van der Waals surface area (Å²) >= 11 is 0. The van der Waals surface area contributed by atoms with Crippen LogP contribution in [0.3, 0.4) is 0 Å². The van der Waals surface area contributed by atoms with E-state index in [1.165, 1.54) is 5.56 Å². The van der Waals surface area contributed by atoms with Crippen LogP contribution >= 0.6 is 0 Å². The van der Waals surface area contributed by atoms with Crippen molar-refractivity contribution in [3.05, 3.63) is 35.4 Å². The van der Waals surface area contributed by atoms with Crippen LogP contribution in [0.1, 0.15) is 63.7 Å². The lowest BCUT2D eigenvalue weighted by Crippen LogP contribution is -2.38. The summed E-state index contributed by atoms with van der Waals surface area (Å²) in [5.74, 6) is 0. The molecular weight excluding hydrogens is 290 g/mol. The van der Waals surface area contributed by atoms with Crippen molar-refractivity contribution in [3.8, 4) is 0 Å². The molecule has 0 fully saturated rings. The fourth-order valence-corrected chi connectivity index (χ4v) is 2.96. The number of amides is 1. The van der Waals surface area contributed by atoms with Crippen LogP contribution in [-0.4, -0.2) is 34.8 Å². The van der Waals surface area contributed by atoms with Crippen molar-refractivity contribution in [2.75, 3.05) is 13.1 Å². The lowest BCUT2D eigenvalue weighted by molar-refractivity contribution is 0.0244. The number of aliphatic hydroxyl groups excluding tert-OH is 1. The van der Waals surface area contributed by atoms with Crippen LogP contribution < -0.4 is 0 Å². The van der Waals surface area contributed by atoms with Gasteiger partial charge in [0, 0.05) is 13.1 Å². The number of carbonyl (C=O) groups is 1. The number of hydrogen-bond donors (Lipinski definition) is 1. The second kappa shape index (κ2) is 7.82. The molecule has 2 rings (SSSR count). The van der Waals surface area contributed by atoms with Crippen molar-refractivity contribution < 1.29 is 14.6 Å². The highest BCUT2D eigenvalue weighted by Crippen LogP contribution is 2.25. The minimum absolute atomic E-state index is 0.231. The zero-order valence-electron chi connectivity index (χ0n) is 14.5. The Morgan fingerprint density at radius 2 is 1.87 bits per heavy atom. The van der Waals surface area contributed by atoms with Crippen LogP contribution in [-0.2, 0) is 11.2 Å². The minimum atomic E-state index is -0.466. The Balaban J connectivity index is 2.06. The van der Waals surface area contributed by atoms with E-state index in [-0.39, 0.29) is 6.09 Å². The average molecular weight is 319 g/mol. The first-order valence-corrected chi connectivity index (χ1v) is 8.60. The van der Waals surface area contributed by atoms with Gasteiger partial charge in [0.25, 0.3) is 0 Å². The van der Waals surface area contributed by atoms with Gasteiger partial charge in [0.2, 0.25) is 0 Å². The molecule has 0 aromatic heterocycles. The molecule has 1 atom stereocenters. The third kappa shape index (κ3) is 5.54. The first-order chi connectivity index (χ1) is 10.9. The van der Waals surface area contributed by atoms with Gasteiger partial charge in [-0.2, -0.15) is 0 Å². The van der Waals surface area contributed by atoms with E-state index in [0.29, 0.717) is 13.1 Å². The molecule has 1 aliphatic rings. The van der Waals surface area contributed by atoms with Gasteiger partial charge in [-0.15, -0.1) is 0 Å². The van der Waals surface area contributed by atoms with Crippen LogP contribution in [0, 0.1) is 0 Å². The van der Waals surface area contributed by atoms with Crippen LogP contribution in [0.15, 0.2) is 24.3 Å². The van der Waals surface area contributed by atoms with Gasteiger partial charge in [0.1, 0.15) is 5.60 Å². The predicted octanol–water partition coefficient (Wildman–Crippen LogP) is 4.07. The molecule has 128 valence electrons. The molecule has 1 N–H and O–H groups in total. The summed E-state index contributed by atoms with van der Waals surface area (Å²) in [7, 11) is 0. The molecule has 1 heterocycles. The van der Waals surface area contributed by atoms with Gasteiger partial charge in [-0.05, 0) is 64.0 Å². The predicted molar refractivity (Wildman–Crippen MR) is 91.4 cm³/mol. The Morgan fingerprint density at radius 1 is 1.17 bits per heavy atom. The lowest BCUT2D eigenvalue weighted by atomic mass is 9.96. The monoisotopic (exact) mass is 319 g/mol. The minimum Gasteiger partial charge on any atom is -0.444 e. The summed E-state index contributed by atoms with van der Waals surface area (Å²) in [6.07, 6.45) is 3.63. The maximum absolute atomic E-state index is 12.3. The molecule has 1 aromatic carbocycles. The smallest absolute Gasteiger partial charge is 0.410 e. The maximum atomic E-state index is 12.3. The summed E-state index contributed by atoms with van der Waals surface area (Å²) in [5.41, 5.74) is 1.76. The Bertz CT molecular complexity index is 522. The first-order valence-electron chi connectivity index (χ1n) is 8.60. The van der Waals surface area contributed by atoms with Gasteiger partial charge in [0.15, 0.2) is 0 Å². The van der Waals surface area contributed by atoms with Crippen molar-refractivity contribution in [1.29, 1.82) is 0 Å². The summed E-state index contributed by atoms with van der Waals surface area (Å²) in [6, 6.07) is 8.09. The van der Waals surface area contributed by atoms with Crippen molar-refractivity contribution in [3.63, 3.8) is 0 Å². The van der Waals surface area contributed by atoms with E-state index in [0.717, 1.165) is 37.7 Å². The molecule has 4 heteroatoms. The number of benzene rings is 1. The highest BCUT2D eigenvalue weighted by Gasteiger charge is 2.22. The number of carbonyl (C=O) groups excluding carboxylic acids is 1. The number of nitrogens with zero attached hydrogens (tertiary/aromatic N) is 1. The maximum Gasteiger partial charge on any atom is 0.410 e. The van der Waals surface area contributed by atoms with Gasteiger partial charge >= 0.3 is 6.09 Å². The molecule has 0 radical (unpaired) electrons. The number of fused-ring (bicyclic) bond motifs is 1. The van der Waals surface area contributed by atoms with Crippen molar-refractivity contribution in [1.82, 2.24) is 4.90 Å². The van der Waals surface area contributed by atoms with Crippen LogP contribution in [0.5, 0.6) is 0 Å². The Morgan fingerprint density at radius 3 is 2.61 bits per heavy atom. The Hall–Kier alpha value is -1.55. The van der Waals surface area contributed by atoms with Crippen molar-refractivity contribution in [2.45, 2.75) is 64.6 Å². The van der Waals surface area contributed by atoms with Gasteiger partial charge < -0.3 is 14.7 Å². The summed E-state index contributed by atoms with van der Waals surface area (Å²) in [4.78, 5) is 14.1. The molecule has 0 aliphatic carbocycles. The first kappa shape index (κ1) is 17.8. The fourth-order valence-electron chi connectivity index (χ4n) is 2.96. The number of hydrogen-bond acceptors (Lipinski definition) is 3. The van der Waals surface area contributed by atoms with Crippen LogP contribution in [0.2, 0.25) is 0 Å². The molecule has 1 aliphatic heterocycles. The van der Waals surface area contributed by atoms with E-state index in [1.54, 1.807) is 0 Å². The molecule has 0 spiro atoms. The molecule has 1 unspecified atom stereocenters. The van der Waals surface area contributed by atoms with E-state index in [9.17, 15) is 9.90 Å². The van der Waals surface area contributed by atoms with Gasteiger partial charge in [0.05, 0.1) is 6.10 Å². The highest BCUT2D eigenvalue weighted by molar-refractivity contribution is 5.68. The lowest BCUT2D eigenvalue weighted by Gasteiger charge is -2.27. The van der Waals surface area contributed by atoms with E-state index in [4.69, 9.17) is 4.74 Å². The topological polar surface area (TPSA) is 49.8 Å². The Labute approximate surface area is 139 Å². The fraction of sp³-hybridized carbons (Fsp3) is 0.632.